The summed E-state index contributed by atoms with van der Waals surface area (Å²) in [6.07, 6.45) is 18.7. The fraction of sp³-hybridized carbons (Fsp3) is 0.952. The van der Waals surface area contributed by atoms with Crippen LogP contribution in [0.1, 0.15) is 200 Å². The van der Waals surface area contributed by atoms with E-state index < -0.39 is 75.7 Å². The zero-order chi connectivity index (χ0) is 41.4. The van der Waals surface area contributed by atoms with Gasteiger partial charge < -0.3 is 39.9 Å². The molecule has 1 saturated carbocycles. The molecule has 1 aliphatic rings. The lowest BCUT2D eigenvalue weighted by molar-refractivity contribution is -0.220. The first-order valence-corrected chi connectivity index (χ1v) is 23.8. The van der Waals surface area contributed by atoms with Gasteiger partial charge in [0.25, 0.3) is 0 Å². The smallest absolute Gasteiger partial charge is 0.462 e. The third-order valence-corrected chi connectivity index (χ3v) is 11.7. The molecular formula is C42H81O13P. The monoisotopic (exact) mass is 825 g/mol. The summed E-state index contributed by atoms with van der Waals surface area (Å²) in [7, 11) is -5.11. The van der Waals surface area contributed by atoms with Crippen LogP contribution in [0.25, 0.3) is 0 Å². The molecule has 14 heteroatoms. The van der Waals surface area contributed by atoms with Crippen LogP contribution in [0.3, 0.4) is 0 Å². The van der Waals surface area contributed by atoms with Gasteiger partial charge in [-0.25, -0.2) is 4.57 Å². The van der Waals surface area contributed by atoms with E-state index in [1.54, 1.807) is 0 Å². The Balaban J connectivity index is 2.47. The van der Waals surface area contributed by atoms with Gasteiger partial charge in [-0.1, -0.05) is 174 Å². The van der Waals surface area contributed by atoms with Gasteiger partial charge >= 0.3 is 19.8 Å². The number of carbonyl (C=O) groups is 2. The van der Waals surface area contributed by atoms with Crippen LogP contribution in [-0.4, -0.2) is 98.3 Å². The zero-order valence-electron chi connectivity index (χ0n) is 34.9. The number of aliphatic hydroxyl groups excluding tert-OH is 5. The summed E-state index contributed by atoms with van der Waals surface area (Å²) < 4.78 is 33.5. The van der Waals surface area contributed by atoms with Crippen molar-refractivity contribution in [1.82, 2.24) is 0 Å². The van der Waals surface area contributed by atoms with Gasteiger partial charge in [0, 0.05) is 12.8 Å². The lowest BCUT2D eigenvalue weighted by Crippen LogP contribution is -2.64. The number of ether oxygens (including phenoxy) is 2. The van der Waals surface area contributed by atoms with Gasteiger partial charge in [0.2, 0.25) is 0 Å². The molecule has 0 radical (unpaired) electrons. The fourth-order valence-corrected chi connectivity index (χ4v) is 8.03. The Labute approximate surface area is 338 Å². The lowest BCUT2D eigenvalue weighted by atomic mass is 9.85. The van der Waals surface area contributed by atoms with E-state index in [4.69, 9.17) is 18.5 Å². The average molecular weight is 825 g/mol. The topological polar surface area (TPSA) is 210 Å². The zero-order valence-corrected chi connectivity index (χ0v) is 35.8. The van der Waals surface area contributed by atoms with Crippen molar-refractivity contribution in [2.24, 2.45) is 0 Å². The van der Waals surface area contributed by atoms with Crippen LogP contribution >= 0.6 is 7.82 Å². The van der Waals surface area contributed by atoms with E-state index in [1.165, 1.54) is 122 Å². The summed E-state index contributed by atoms with van der Waals surface area (Å²) in [6.45, 7) is 3.30. The van der Waals surface area contributed by atoms with E-state index in [0.717, 1.165) is 38.5 Å². The molecule has 1 fully saturated rings. The van der Waals surface area contributed by atoms with Gasteiger partial charge in [-0.2, -0.15) is 0 Å². The maximum Gasteiger partial charge on any atom is 0.472 e. The van der Waals surface area contributed by atoms with Crippen LogP contribution in [0.5, 0.6) is 0 Å². The van der Waals surface area contributed by atoms with Gasteiger partial charge in [0.15, 0.2) is 6.10 Å². The normalized spacial score (nSPS) is 22.8. The standard InChI is InChI=1S/C42H81O13P/c1-3-5-7-9-11-13-15-17-19-20-22-24-26-28-30-35(43)52-32-34(33-53-56(50,51)55-42-40(48)38(46)37(45)39(47)41(42)49)54-36(44)31-29-27-25-23-21-18-16-14-12-10-8-6-4-2/h34,37-42,45-49H,3-33H2,1-2H3,(H,50,51)/t34-,37?,38-,39?,40?,41?,42?/m1/s1. The minimum Gasteiger partial charge on any atom is -0.462 e. The van der Waals surface area contributed by atoms with E-state index in [2.05, 4.69) is 13.8 Å². The molecule has 0 aromatic heterocycles. The second kappa shape index (κ2) is 33.7. The molecule has 8 atom stereocenters. The van der Waals surface area contributed by atoms with Crippen molar-refractivity contribution in [1.29, 1.82) is 0 Å². The van der Waals surface area contributed by atoms with E-state index in [1.807, 2.05) is 0 Å². The van der Waals surface area contributed by atoms with Crippen molar-refractivity contribution in [3.63, 3.8) is 0 Å². The molecule has 6 unspecified atom stereocenters. The Hall–Kier alpha value is -1.15. The molecular weight excluding hydrogens is 743 g/mol. The van der Waals surface area contributed by atoms with Gasteiger partial charge in [-0.15, -0.1) is 0 Å². The highest BCUT2D eigenvalue weighted by Crippen LogP contribution is 2.47. The molecule has 0 saturated heterocycles. The molecule has 56 heavy (non-hydrogen) atoms. The number of esters is 2. The van der Waals surface area contributed by atoms with E-state index in [9.17, 15) is 44.6 Å². The molecule has 0 amide bonds. The van der Waals surface area contributed by atoms with Crippen LogP contribution < -0.4 is 0 Å². The molecule has 332 valence electrons. The van der Waals surface area contributed by atoms with Gasteiger partial charge in [0.05, 0.1) is 6.61 Å². The SMILES string of the molecule is CCCCCCCCCCCCCCCCC(=O)OC[C@H](COP(=O)(O)OC1C(O)C(O)C(O)[C@@H](O)C1O)OC(=O)CCCCCCCCCCCCCCC. The molecule has 0 aromatic rings. The summed E-state index contributed by atoms with van der Waals surface area (Å²) in [5, 5.41) is 50.0. The first kappa shape index (κ1) is 52.9. The van der Waals surface area contributed by atoms with Crippen LogP contribution in [0, 0.1) is 0 Å². The quantitative estimate of drug-likeness (QED) is 0.0199. The summed E-state index contributed by atoms with van der Waals surface area (Å²) in [5.41, 5.74) is 0. The Morgan fingerprint density at radius 2 is 0.804 bits per heavy atom. The highest BCUT2D eigenvalue weighted by atomic mass is 31.2. The number of hydrogen-bond acceptors (Lipinski definition) is 12. The molecule has 0 heterocycles. The van der Waals surface area contributed by atoms with Crippen LogP contribution in [-0.2, 0) is 32.7 Å². The van der Waals surface area contributed by atoms with Crippen LogP contribution in [0.15, 0.2) is 0 Å². The number of phosphoric acid groups is 1. The second-order valence-electron chi connectivity index (χ2n) is 15.9. The minimum absolute atomic E-state index is 0.104. The first-order valence-electron chi connectivity index (χ1n) is 22.3. The molecule has 0 spiro atoms. The molecule has 13 nitrogen and oxygen atoms in total. The molecule has 6 N–H and O–H groups in total. The maximum absolute atomic E-state index is 12.8. The van der Waals surface area contributed by atoms with Gasteiger partial charge in [-0.05, 0) is 12.8 Å². The highest BCUT2D eigenvalue weighted by Gasteiger charge is 2.51. The molecule has 1 rings (SSSR count). The first-order chi connectivity index (χ1) is 26.9. The van der Waals surface area contributed by atoms with Crippen molar-refractivity contribution in [2.45, 2.75) is 243 Å². The van der Waals surface area contributed by atoms with Gasteiger partial charge in [0.1, 0.15) is 43.2 Å². The van der Waals surface area contributed by atoms with Crippen molar-refractivity contribution in [2.75, 3.05) is 13.2 Å². The molecule has 0 aliphatic heterocycles. The van der Waals surface area contributed by atoms with Crippen LogP contribution in [0.4, 0.5) is 0 Å². The third-order valence-electron chi connectivity index (χ3n) is 10.7. The molecule has 0 bridgehead atoms. The Morgan fingerprint density at radius 1 is 0.482 bits per heavy atom. The van der Waals surface area contributed by atoms with E-state index in [0.29, 0.717) is 12.8 Å². The van der Waals surface area contributed by atoms with Crippen molar-refractivity contribution < 1.29 is 63.1 Å². The van der Waals surface area contributed by atoms with Crippen molar-refractivity contribution in [3.05, 3.63) is 0 Å². The largest absolute Gasteiger partial charge is 0.472 e. The summed E-state index contributed by atoms with van der Waals surface area (Å²) >= 11 is 0. The van der Waals surface area contributed by atoms with Crippen LogP contribution in [0.2, 0.25) is 0 Å². The molecule has 1 aliphatic carbocycles. The number of aliphatic hydroxyl groups is 5. The summed E-state index contributed by atoms with van der Waals surface area (Å²) in [4.78, 5) is 35.6. The van der Waals surface area contributed by atoms with Gasteiger partial charge in [-0.3, -0.25) is 18.6 Å². The van der Waals surface area contributed by atoms with E-state index in [-0.39, 0.29) is 12.8 Å². The predicted molar refractivity (Wildman–Crippen MR) is 217 cm³/mol. The number of phosphoric ester groups is 1. The minimum atomic E-state index is -5.11. The number of rotatable bonds is 37. The maximum atomic E-state index is 12.8. The van der Waals surface area contributed by atoms with Crippen molar-refractivity contribution in [3.8, 4) is 0 Å². The number of unbranched alkanes of at least 4 members (excludes halogenated alkanes) is 25. The van der Waals surface area contributed by atoms with Crippen molar-refractivity contribution >= 4 is 19.8 Å². The summed E-state index contributed by atoms with van der Waals surface area (Å²) in [6, 6.07) is 0. The highest BCUT2D eigenvalue weighted by molar-refractivity contribution is 7.47. The second-order valence-corrected chi connectivity index (χ2v) is 17.3. The average Bonchev–Trinajstić information content (AvgIpc) is 3.18. The fourth-order valence-electron chi connectivity index (χ4n) is 7.05. The predicted octanol–water partition coefficient (Wildman–Crippen LogP) is 8.11. The third kappa shape index (κ3) is 26.1. The van der Waals surface area contributed by atoms with E-state index >= 15 is 0 Å². The number of carbonyl (C=O) groups excluding carboxylic acids is 2. The Bertz CT molecular complexity index is 1000. The Morgan fingerprint density at radius 3 is 1.18 bits per heavy atom. The summed E-state index contributed by atoms with van der Waals surface area (Å²) in [5.74, 6) is -1.09. The lowest BCUT2D eigenvalue weighted by Gasteiger charge is -2.41. The number of hydrogen-bond donors (Lipinski definition) is 6. The Kier molecular flexibility index (Phi) is 31.8. The molecule has 0 aromatic carbocycles.